The Balaban J connectivity index is 2.83. The highest BCUT2D eigenvalue weighted by Gasteiger charge is 2.14. The average Bonchev–Trinajstić information content (AvgIpc) is 2.29. The number of ether oxygens (including phenoxy) is 2. The van der Waals surface area contributed by atoms with E-state index in [1.807, 2.05) is 6.92 Å². The molecule has 0 aliphatic carbocycles. The van der Waals surface area contributed by atoms with Crippen molar-refractivity contribution in [3.05, 3.63) is 23.8 Å². The smallest absolute Gasteiger partial charge is 0.255 e. The lowest BCUT2D eigenvalue weighted by Crippen LogP contribution is -2.35. The molecule has 17 heavy (non-hydrogen) atoms. The van der Waals surface area contributed by atoms with E-state index in [2.05, 4.69) is 5.32 Å². The van der Waals surface area contributed by atoms with Crippen LogP contribution in [0.25, 0.3) is 0 Å². The molecule has 0 spiro atoms. The van der Waals surface area contributed by atoms with Crippen LogP contribution in [0.5, 0.6) is 5.75 Å². The summed E-state index contributed by atoms with van der Waals surface area (Å²) in [6, 6.07) is 4.88. The van der Waals surface area contributed by atoms with Gasteiger partial charge in [-0.25, -0.2) is 0 Å². The number of benzene rings is 1. The maximum Gasteiger partial charge on any atom is 0.255 e. The number of anilines is 1. The Morgan fingerprint density at radius 1 is 1.47 bits per heavy atom. The Morgan fingerprint density at radius 3 is 2.76 bits per heavy atom. The molecule has 5 heteroatoms. The molecule has 0 saturated carbocycles. The number of rotatable bonds is 5. The summed E-state index contributed by atoms with van der Waals surface area (Å²) in [7, 11) is 3.10. The molecule has 5 nitrogen and oxygen atoms in total. The zero-order chi connectivity index (χ0) is 12.8. The molecule has 1 aromatic rings. The SMILES string of the molecule is COCC(C)NC(=O)c1cc(N)ccc1OC. The van der Waals surface area contributed by atoms with Gasteiger partial charge in [-0.2, -0.15) is 0 Å². The standard InChI is InChI=1S/C12H18N2O3/c1-8(7-16-2)14-12(15)10-6-9(13)4-5-11(10)17-3/h4-6,8H,7,13H2,1-3H3,(H,14,15). The van der Waals surface area contributed by atoms with Gasteiger partial charge in [-0.3, -0.25) is 4.79 Å². The van der Waals surface area contributed by atoms with Gasteiger partial charge in [0.25, 0.3) is 5.91 Å². The molecular weight excluding hydrogens is 220 g/mol. The highest BCUT2D eigenvalue weighted by atomic mass is 16.5. The maximum atomic E-state index is 12.0. The van der Waals surface area contributed by atoms with Crippen LogP contribution in [0.2, 0.25) is 0 Å². The summed E-state index contributed by atoms with van der Waals surface area (Å²) in [5, 5.41) is 2.80. The van der Waals surface area contributed by atoms with Gasteiger partial charge >= 0.3 is 0 Å². The number of nitrogens with two attached hydrogens (primary N) is 1. The fourth-order valence-corrected chi connectivity index (χ4v) is 1.50. The average molecular weight is 238 g/mol. The lowest BCUT2D eigenvalue weighted by Gasteiger charge is -2.14. The second-order valence-electron chi connectivity index (χ2n) is 3.79. The minimum atomic E-state index is -0.223. The number of nitrogen functional groups attached to an aromatic ring is 1. The van der Waals surface area contributed by atoms with Gasteiger partial charge in [-0.05, 0) is 25.1 Å². The topological polar surface area (TPSA) is 73.6 Å². The molecule has 0 aliphatic heterocycles. The third kappa shape index (κ3) is 3.64. The normalized spacial score (nSPS) is 11.9. The first kappa shape index (κ1) is 13.3. The molecule has 0 fully saturated rings. The van der Waals surface area contributed by atoms with Gasteiger partial charge in [0.05, 0.1) is 19.3 Å². The highest BCUT2D eigenvalue weighted by molar-refractivity contribution is 5.98. The zero-order valence-corrected chi connectivity index (χ0v) is 10.3. The van der Waals surface area contributed by atoms with Crippen molar-refractivity contribution in [1.29, 1.82) is 0 Å². The van der Waals surface area contributed by atoms with Crippen molar-refractivity contribution < 1.29 is 14.3 Å². The maximum absolute atomic E-state index is 12.0. The number of nitrogens with one attached hydrogen (secondary N) is 1. The first-order valence-electron chi connectivity index (χ1n) is 5.31. The third-order valence-electron chi connectivity index (χ3n) is 2.26. The fourth-order valence-electron chi connectivity index (χ4n) is 1.50. The van der Waals surface area contributed by atoms with Crippen LogP contribution in [0, 0.1) is 0 Å². The molecule has 3 N–H and O–H groups in total. The second kappa shape index (κ2) is 6.10. The van der Waals surface area contributed by atoms with Crippen molar-refractivity contribution in [2.24, 2.45) is 0 Å². The van der Waals surface area contributed by atoms with E-state index in [1.54, 1.807) is 25.3 Å². The van der Waals surface area contributed by atoms with Crippen LogP contribution in [-0.4, -0.2) is 32.8 Å². The van der Waals surface area contributed by atoms with Gasteiger partial charge in [0, 0.05) is 18.8 Å². The minimum Gasteiger partial charge on any atom is -0.496 e. The Labute approximate surface area is 101 Å². The molecule has 1 atom stereocenters. The van der Waals surface area contributed by atoms with Crippen LogP contribution in [0.4, 0.5) is 5.69 Å². The van der Waals surface area contributed by atoms with E-state index in [-0.39, 0.29) is 11.9 Å². The molecule has 0 heterocycles. The van der Waals surface area contributed by atoms with E-state index in [0.29, 0.717) is 23.6 Å². The molecule has 0 aromatic heterocycles. The molecule has 1 amide bonds. The second-order valence-corrected chi connectivity index (χ2v) is 3.79. The fraction of sp³-hybridized carbons (Fsp3) is 0.417. The molecule has 0 saturated heterocycles. The van der Waals surface area contributed by atoms with Crippen molar-refractivity contribution >= 4 is 11.6 Å². The molecule has 0 bridgehead atoms. The molecule has 0 aliphatic rings. The van der Waals surface area contributed by atoms with Crippen molar-refractivity contribution in [2.75, 3.05) is 26.6 Å². The quantitative estimate of drug-likeness (QED) is 0.752. The Kier molecular flexibility index (Phi) is 4.78. The van der Waals surface area contributed by atoms with Gasteiger partial charge in [0.15, 0.2) is 0 Å². The molecule has 94 valence electrons. The first-order chi connectivity index (χ1) is 8.08. The van der Waals surface area contributed by atoms with Crippen LogP contribution < -0.4 is 15.8 Å². The van der Waals surface area contributed by atoms with Crippen LogP contribution in [0.3, 0.4) is 0 Å². The van der Waals surface area contributed by atoms with Crippen molar-refractivity contribution in [1.82, 2.24) is 5.32 Å². The molecule has 1 aromatic carbocycles. The van der Waals surface area contributed by atoms with Gasteiger partial charge in [0.2, 0.25) is 0 Å². The number of carbonyl (C=O) groups excluding carboxylic acids is 1. The summed E-state index contributed by atoms with van der Waals surface area (Å²) >= 11 is 0. The van der Waals surface area contributed by atoms with Crippen LogP contribution in [-0.2, 0) is 4.74 Å². The van der Waals surface area contributed by atoms with Crippen LogP contribution in [0.1, 0.15) is 17.3 Å². The lowest BCUT2D eigenvalue weighted by molar-refractivity contribution is 0.0902. The summed E-state index contributed by atoms with van der Waals surface area (Å²) in [5.74, 6) is 0.278. The van der Waals surface area contributed by atoms with E-state index in [4.69, 9.17) is 15.2 Å². The summed E-state index contributed by atoms with van der Waals surface area (Å²) in [6.45, 7) is 2.32. The first-order valence-corrected chi connectivity index (χ1v) is 5.31. The zero-order valence-electron chi connectivity index (χ0n) is 10.3. The van der Waals surface area contributed by atoms with E-state index < -0.39 is 0 Å². The van der Waals surface area contributed by atoms with Crippen molar-refractivity contribution in [3.8, 4) is 5.75 Å². The van der Waals surface area contributed by atoms with E-state index >= 15 is 0 Å². The Morgan fingerprint density at radius 2 is 2.18 bits per heavy atom. The minimum absolute atomic E-state index is 0.0707. The van der Waals surface area contributed by atoms with Crippen LogP contribution >= 0.6 is 0 Å². The molecule has 1 unspecified atom stereocenters. The number of methoxy groups -OCH3 is 2. The Bertz CT molecular complexity index is 393. The van der Waals surface area contributed by atoms with Crippen molar-refractivity contribution in [2.45, 2.75) is 13.0 Å². The number of amides is 1. The Hall–Kier alpha value is -1.75. The summed E-state index contributed by atoms with van der Waals surface area (Å²) in [6.07, 6.45) is 0. The van der Waals surface area contributed by atoms with Gasteiger partial charge < -0.3 is 20.5 Å². The van der Waals surface area contributed by atoms with Gasteiger partial charge in [-0.15, -0.1) is 0 Å². The summed E-state index contributed by atoms with van der Waals surface area (Å²) < 4.78 is 10.1. The van der Waals surface area contributed by atoms with Gasteiger partial charge in [-0.1, -0.05) is 0 Å². The van der Waals surface area contributed by atoms with E-state index in [9.17, 15) is 4.79 Å². The predicted molar refractivity (Wildman–Crippen MR) is 66.2 cm³/mol. The number of hydrogen-bond donors (Lipinski definition) is 2. The number of carbonyl (C=O) groups is 1. The van der Waals surface area contributed by atoms with E-state index in [1.165, 1.54) is 7.11 Å². The van der Waals surface area contributed by atoms with Gasteiger partial charge in [0.1, 0.15) is 5.75 Å². The van der Waals surface area contributed by atoms with Crippen LogP contribution in [0.15, 0.2) is 18.2 Å². The molecular formula is C12H18N2O3. The third-order valence-corrected chi connectivity index (χ3v) is 2.26. The molecule has 0 radical (unpaired) electrons. The summed E-state index contributed by atoms with van der Waals surface area (Å²) in [5.41, 5.74) is 6.60. The highest BCUT2D eigenvalue weighted by Crippen LogP contribution is 2.20. The summed E-state index contributed by atoms with van der Waals surface area (Å²) in [4.78, 5) is 12.0. The largest absolute Gasteiger partial charge is 0.496 e. The molecule has 1 rings (SSSR count). The van der Waals surface area contributed by atoms with E-state index in [0.717, 1.165) is 0 Å². The number of hydrogen-bond acceptors (Lipinski definition) is 4. The predicted octanol–water partition coefficient (Wildman–Crippen LogP) is 1.04. The van der Waals surface area contributed by atoms with Crippen molar-refractivity contribution in [3.63, 3.8) is 0 Å². The lowest BCUT2D eigenvalue weighted by atomic mass is 10.1. The monoisotopic (exact) mass is 238 g/mol.